The van der Waals surface area contributed by atoms with Gasteiger partial charge >= 0.3 is 5.97 Å². The van der Waals surface area contributed by atoms with E-state index in [1.807, 2.05) is 13.8 Å². The van der Waals surface area contributed by atoms with Crippen LogP contribution in [0.25, 0.3) is 0 Å². The van der Waals surface area contributed by atoms with E-state index in [1.165, 1.54) is 7.11 Å². The van der Waals surface area contributed by atoms with Gasteiger partial charge in [0, 0.05) is 11.7 Å². The molecule has 1 aromatic heterocycles. The number of anilines is 2. The number of rotatable bonds is 6. The van der Waals surface area contributed by atoms with Crippen LogP contribution in [0, 0.1) is 6.92 Å². The molecule has 1 aromatic carbocycles. The van der Waals surface area contributed by atoms with Crippen LogP contribution in [-0.2, 0) is 4.74 Å². The number of nitrogens with zero attached hydrogens (tertiary/aromatic N) is 2. The highest BCUT2D eigenvalue weighted by molar-refractivity contribution is 5.96. The predicted molar refractivity (Wildman–Crippen MR) is 95.1 cm³/mol. The summed E-state index contributed by atoms with van der Waals surface area (Å²) in [6.07, 6.45) is 0.827. The molecule has 0 saturated heterocycles. The maximum atomic E-state index is 12.3. The van der Waals surface area contributed by atoms with Gasteiger partial charge in [0.2, 0.25) is 5.95 Å². The fraction of sp³-hybridized carbons (Fsp3) is 0.333. The van der Waals surface area contributed by atoms with Gasteiger partial charge in [-0.3, -0.25) is 4.79 Å². The number of carbonyl (C=O) groups is 2. The topological polar surface area (TPSA) is 93.2 Å². The molecule has 0 aliphatic heterocycles. The van der Waals surface area contributed by atoms with Crippen LogP contribution in [-0.4, -0.2) is 35.0 Å². The Morgan fingerprint density at radius 2 is 1.96 bits per heavy atom. The second-order valence-corrected chi connectivity index (χ2v) is 5.66. The summed E-state index contributed by atoms with van der Waals surface area (Å²) >= 11 is 0. The molecule has 1 unspecified atom stereocenters. The lowest BCUT2D eigenvalue weighted by Crippen LogP contribution is -2.32. The maximum Gasteiger partial charge on any atom is 0.339 e. The summed E-state index contributed by atoms with van der Waals surface area (Å²) in [7, 11) is 1.32. The van der Waals surface area contributed by atoms with Gasteiger partial charge in [-0.25, -0.2) is 14.8 Å². The van der Waals surface area contributed by atoms with Gasteiger partial charge in [-0.15, -0.1) is 0 Å². The molecule has 0 aliphatic carbocycles. The van der Waals surface area contributed by atoms with Crippen LogP contribution in [0.3, 0.4) is 0 Å². The smallest absolute Gasteiger partial charge is 0.339 e. The second kappa shape index (κ2) is 8.23. The van der Waals surface area contributed by atoms with Crippen LogP contribution < -0.4 is 10.6 Å². The average Bonchev–Trinajstić information content (AvgIpc) is 2.60. The summed E-state index contributed by atoms with van der Waals surface area (Å²) in [6, 6.07) is 8.55. The van der Waals surface area contributed by atoms with Gasteiger partial charge in [0.15, 0.2) is 0 Å². The molecule has 0 fully saturated rings. The molecule has 0 aliphatic rings. The molecule has 2 N–H and O–H groups in total. The fourth-order valence-corrected chi connectivity index (χ4v) is 2.14. The number of ether oxygens (including phenoxy) is 1. The number of nitrogens with one attached hydrogen (secondary N) is 2. The van der Waals surface area contributed by atoms with Gasteiger partial charge < -0.3 is 15.4 Å². The number of carbonyl (C=O) groups excluding carboxylic acids is 2. The van der Waals surface area contributed by atoms with Crippen molar-refractivity contribution in [3.05, 3.63) is 47.3 Å². The number of hydrogen-bond acceptors (Lipinski definition) is 6. The molecule has 7 heteroatoms. The molecule has 2 aromatic rings. The van der Waals surface area contributed by atoms with Crippen LogP contribution in [0.15, 0.2) is 30.3 Å². The van der Waals surface area contributed by atoms with Crippen LogP contribution in [0.2, 0.25) is 0 Å². The first-order valence-electron chi connectivity index (χ1n) is 8.05. The molecule has 0 bridgehead atoms. The molecule has 1 heterocycles. The van der Waals surface area contributed by atoms with Crippen LogP contribution in [0.5, 0.6) is 0 Å². The first kappa shape index (κ1) is 18.4. The third-order valence-corrected chi connectivity index (χ3v) is 3.66. The molecular formula is C18H22N4O3. The first-order valence-corrected chi connectivity index (χ1v) is 8.05. The highest BCUT2D eigenvalue weighted by Gasteiger charge is 2.15. The number of benzene rings is 1. The van der Waals surface area contributed by atoms with E-state index in [-0.39, 0.29) is 23.6 Å². The number of aromatic nitrogens is 2. The largest absolute Gasteiger partial charge is 0.465 e. The van der Waals surface area contributed by atoms with Crippen molar-refractivity contribution in [2.75, 3.05) is 12.4 Å². The number of amides is 1. The molecule has 0 spiro atoms. The molecule has 2 rings (SSSR count). The summed E-state index contributed by atoms with van der Waals surface area (Å²) in [5, 5.41) is 5.86. The van der Waals surface area contributed by atoms with Crippen molar-refractivity contribution in [1.82, 2.24) is 15.3 Å². The third-order valence-electron chi connectivity index (χ3n) is 3.66. The molecular weight excluding hydrogens is 320 g/mol. The van der Waals surface area contributed by atoms with Crippen LogP contribution in [0.1, 0.15) is 46.8 Å². The summed E-state index contributed by atoms with van der Waals surface area (Å²) < 4.78 is 4.77. The third kappa shape index (κ3) is 4.76. The monoisotopic (exact) mass is 342 g/mol. The fourth-order valence-electron chi connectivity index (χ4n) is 2.14. The second-order valence-electron chi connectivity index (χ2n) is 5.66. The van der Waals surface area contributed by atoms with Crippen LogP contribution in [0.4, 0.5) is 11.6 Å². The number of hydrogen-bond donors (Lipinski definition) is 2. The average molecular weight is 342 g/mol. The highest BCUT2D eigenvalue weighted by Crippen LogP contribution is 2.20. The molecule has 1 amide bonds. The lowest BCUT2D eigenvalue weighted by atomic mass is 10.2. The Morgan fingerprint density at radius 3 is 2.64 bits per heavy atom. The lowest BCUT2D eigenvalue weighted by Gasteiger charge is -2.13. The molecule has 7 nitrogen and oxygen atoms in total. The Balaban J connectivity index is 2.30. The lowest BCUT2D eigenvalue weighted by molar-refractivity contribution is 0.0601. The number of para-hydroxylation sites is 1. The summed E-state index contributed by atoms with van der Waals surface area (Å²) in [5.74, 6) is -0.486. The zero-order valence-corrected chi connectivity index (χ0v) is 14.8. The summed E-state index contributed by atoms with van der Waals surface area (Å²) in [6.45, 7) is 5.70. The van der Waals surface area contributed by atoms with Crippen molar-refractivity contribution in [2.24, 2.45) is 0 Å². The highest BCUT2D eigenvalue weighted by atomic mass is 16.5. The molecule has 1 atom stereocenters. The van der Waals surface area contributed by atoms with Gasteiger partial charge in [0.05, 0.1) is 18.4 Å². The maximum absolute atomic E-state index is 12.3. The van der Waals surface area contributed by atoms with E-state index in [2.05, 4.69) is 20.6 Å². The van der Waals surface area contributed by atoms with Crippen LogP contribution >= 0.6 is 0 Å². The van der Waals surface area contributed by atoms with Crippen molar-refractivity contribution in [3.8, 4) is 0 Å². The van der Waals surface area contributed by atoms with Gasteiger partial charge in [0.1, 0.15) is 5.69 Å². The Labute approximate surface area is 146 Å². The summed E-state index contributed by atoms with van der Waals surface area (Å²) in [5.41, 5.74) is 1.78. The number of esters is 1. The minimum atomic E-state index is -0.467. The zero-order chi connectivity index (χ0) is 18.4. The van der Waals surface area contributed by atoms with Crippen molar-refractivity contribution >= 4 is 23.5 Å². The van der Waals surface area contributed by atoms with E-state index in [1.54, 1.807) is 37.3 Å². The summed E-state index contributed by atoms with van der Waals surface area (Å²) in [4.78, 5) is 32.7. The SMILES string of the molecule is CCC(C)NC(=O)c1cc(C)nc(Nc2ccccc2C(=O)OC)n1. The Bertz CT molecular complexity index is 777. The molecule has 0 radical (unpaired) electrons. The van der Waals surface area contributed by atoms with Crippen molar-refractivity contribution in [1.29, 1.82) is 0 Å². The van der Waals surface area contributed by atoms with E-state index in [4.69, 9.17) is 4.74 Å². The van der Waals surface area contributed by atoms with E-state index in [0.29, 0.717) is 16.9 Å². The standard InChI is InChI=1S/C18H22N4O3/c1-5-11(2)19-16(23)15-10-12(3)20-18(22-15)21-14-9-7-6-8-13(14)17(24)25-4/h6-11H,5H2,1-4H3,(H,19,23)(H,20,21,22). The van der Waals surface area contributed by atoms with E-state index >= 15 is 0 Å². The van der Waals surface area contributed by atoms with Gasteiger partial charge in [-0.05, 0) is 38.5 Å². The van der Waals surface area contributed by atoms with Gasteiger partial charge in [0.25, 0.3) is 5.91 Å². The molecule has 132 valence electrons. The minimum Gasteiger partial charge on any atom is -0.465 e. The normalized spacial score (nSPS) is 11.5. The van der Waals surface area contributed by atoms with E-state index in [9.17, 15) is 9.59 Å². The van der Waals surface area contributed by atoms with E-state index < -0.39 is 5.97 Å². The van der Waals surface area contributed by atoms with Crippen molar-refractivity contribution < 1.29 is 14.3 Å². The Kier molecular flexibility index (Phi) is 6.05. The Morgan fingerprint density at radius 1 is 1.24 bits per heavy atom. The predicted octanol–water partition coefficient (Wildman–Crippen LogP) is 2.84. The van der Waals surface area contributed by atoms with Crippen molar-refractivity contribution in [2.45, 2.75) is 33.2 Å². The van der Waals surface area contributed by atoms with Gasteiger partial charge in [-0.1, -0.05) is 19.1 Å². The van der Waals surface area contributed by atoms with E-state index in [0.717, 1.165) is 6.42 Å². The minimum absolute atomic E-state index is 0.0548. The number of aryl methyl sites for hydroxylation is 1. The quantitative estimate of drug-likeness (QED) is 0.784. The van der Waals surface area contributed by atoms with Crippen molar-refractivity contribution in [3.63, 3.8) is 0 Å². The molecule has 0 saturated carbocycles. The molecule has 25 heavy (non-hydrogen) atoms. The zero-order valence-electron chi connectivity index (χ0n) is 14.8. The first-order chi connectivity index (χ1) is 11.9. The van der Waals surface area contributed by atoms with Gasteiger partial charge in [-0.2, -0.15) is 0 Å². The number of methoxy groups -OCH3 is 1. The Hall–Kier alpha value is -2.96.